The predicted octanol–water partition coefficient (Wildman–Crippen LogP) is -0.576. The van der Waals surface area contributed by atoms with Gasteiger partial charge in [0.25, 0.3) is 0 Å². The van der Waals surface area contributed by atoms with Gasteiger partial charge in [-0.1, -0.05) is 0 Å². The van der Waals surface area contributed by atoms with Crippen LogP contribution in [0.5, 0.6) is 0 Å². The summed E-state index contributed by atoms with van der Waals surface area (Å²) >= 11 is 0. The Hall–Kier alpha value is -1.18. The second kappa shape index (κ2) is 9.20. The van der Waals surface area contributed by atoms with Gasteiger partial charge >= 0.3 is 0 Å². The van der Waals surface area contributed by atoms with Crippen LogP contribution in [0.1, 0.15) is 26.2 Å². The number of carbonyl (C=O) groups is 2. The lowest BCUT2D eigenvalue weighted by Gasteiger charge is -2.37. The standard InChI is InChI=1S/C16H30N4O3/c1-13(16(22)18-14-4-5-14)20-9-7-19(8-10-20)12-15(21)17-6-3-11-23-2/h13-14H,3-12H2,1-2H3,(H,17,21)(H,18,22). The second-order valence-electron chi connectivity index (χ2n) is 6.47. The maximum absolute atomic E-state index is 12.1. The van der Waals surface area contributed by atoms with Gasteiger partial charge in [0.2, 0.25) is 11.8 Å². The number of ether oxygens (including phenoxy) is 1. The molecule has 1 saturated carbocycles. The summed E-state index contributed by atoms with van der Waals surface area (Å²) in [6.45, 7) is 7.04. The van der Waals surface area contributed by atoms with Crippen molar-refractivity contribution in [2.24, 2.45) is 0 Å². The maximum atomic E-state index is 12.1. The molecule has 2 N–H and O–H groups in total. The van der Waals surface area contributed by atoms with Gasteiger partial charge in [-0.15, -0.1) is 0 Å². The maximum Gasteiger partial charge on any atom is 0.237 e. The molecule has 0 spiro atoms. The van der Waals surface area contributed by atoms with Crippen LogP contribution in [0.4, 0.5) is 0 Å². The van der Waals surface area contributed by atoms with Gasteiger partial charge in [-0.3, -0.25) is 19.4 Å². The highest BCUT2D eigenvalue weighted by atomic mass is 16.5. The largest absolute Gasteiger partial charge is 0.385 e. The number of hydrogen-bond donors (Lipinski definition) is 2. The minimum Gasteiger partial charge on any atom is -0.385 e. The highest BCUT2D eigenvalue weighted by Gasteiger charge is 2.30. The Balaban J connectivity index is 1.61. The van der Waals surface area contributed by atoms with Gasteiger partial charge < -0.3 is 15.4 Å². The van der Waals surface area contributed by atoms with E-state index in [0.717, 1.165) is 45.4 Å². The molecule has 0 aromatic carbocycles. The number of methoxy groups -OCH3 is 1. The fraction of sp³-hybridized carbons (Fsp3) is 0.875. The van der Waals surface area contributed by atoms with Gasteiger partial charge in [0, 0.05) is 52.5 Å². The highest BCUT2D eigenvalue weighted by Crippen LogP contribution is 2.19. The molecular weight excluding hydrogens is 296 g/mol. The van der Waals surface area contributed by atoms with Gasteiger partial charge in [0.05, 0.1) is 12.6 Å². The van der Waals surface area contributed by atoms with E-state index in [9.17, 15) is 9.59 Å². The number of nitrogens with one attached hydrogen (secondary N) is 2. The highest BCUT2D eigenvalue weighted by molar-refractivity contribution is 5.82. The quantitative estimate of drug-likeness (QED) is 0.555. The SMILES string of the molecule is COCCCNC(=O)CN1CCN(C(C)C(=O)NC2CC2)CC1. The van der Waals surface area contributed by atoms with Crippen LogP contribution in [0.25, 0.3) is 0 Å². The van der Waals surface area contributed by atoms with Gasteiger partial charge in [0.1, 0.15) is 0 Å². The predicted molar refractivity (Wildman–Crippen MR) is 88.1 cm³/mol. The minimum atomic E-state index is -0.0828. The Morgan fingerprint density at radius 2 is 1.91 bits per heavy atom. The summed E-state index contributed by atoms with van der Waals surface area (Å²) in [6.07, 6.45) is 3.07. The third-order valence-electron chi connectivity index (χ3n) is 4.47. The van der Waals surface area contributed by atoms with Crippen molar-refractivity contribution in [1.82, 2.24) is 20.4 Å². The molecule has 2 amide bonds. The zero-order valence-electron chi connectivity index (χ0n) is 14.3. The molecule has 23 heavy (non-hydrogen) atoms. The molecule has 1 aliphatic heterocycles. The number of piperazine rings is 1. The lowest BCUT2D eigenvalue weighted by atomic mass is 10.2. The monoisotopic (exact) mass is 326 g/mol. The van der Waals surface area contributed by atoms with Crippen LogP contribution >= 0.6 is 0 Å². The third kappa shape index (κ3) is 6.45. The number of rotatable bonds is 9. The molecule has 1 atom stereocenters. The number of hydrogen-bond acceptors (Lipinski definition) is 5. The molecule has 1 heterocycles. The van der Waals surface area contributed by atoms with E-state index in [1.165, 1.54) is 0 Å². The van der Waals surface area contributed by atoms with Crippen molar-refractivity contribution in [3.05, 3.63) is 0 Å². The van der Waals surface area contributed by atoms with E-state index in [1.54, 1.807) is 7.11 Å². The summed E-state index contributed by atoms with van der Waals surface area (Å²) in [7, 11) is 1.66. The first-order valence-electron chi connectivity index (χ1n) is 8.62. The fourth-order valence-electron chi connectivity index (χ4n) is 2.73. The van der Waals surface area contributed by atoms with Crippen LogP contribution in [0.3, 0.4) is 0 Å². The van der Waals surface area contributed by atoms with E-state index < -0.39 is 0 Å². The van der Waals surface area contributed by atoms with Crippen molar-refractivity contribution in [3.63, 3.8) is 0 Å². The average molecular weight is 326 g/mol. The molecule has 132 valence electrons. The fourth-order valence-corrected chi connectivity index (χ4v) is 2.73. The lowest BCUT2D eigenvalue weighted by molar-refractivity contribution is -0.128. The van der Waals surface area contributed by atoms with Crippen molar-refractivity contribution in [3.8, 4) is 0 Å². The van der Waals surface area contributed by atoms with Crippen LogP contribution < -0.4 is 10.6 Å². The molecular formula is C16H30N4O3. The van der Waals surface area contributed by atoms with Crippen LogP contribution in [0.2, 0.25) is 0 Å². The Bertz CT molecular complexity index is 393. The molecule has 0 aromatic rings. The average Bonchev–Trinajstić information content (AvgIpc) is 3.35. The Kier molecular flexibility index (Phi) is 7.26. The summed E-state index contributed by atoms with van der Waals surface area (Å²) in [6, 6.07) is 0.327. The molecule has 2 fully saturated rings. The molecule has 2 rings (SSSR count). The first kappa shape index (κ1) is 18.2. The smallest absolute Gasteiger partial charge is 0.237 e. The van der Waals surface area contributed by atoms with E-state index in [2.05, 4.69) is 20.4 Å². The summed E-state index contributed by atoms with van der Waals surface area (Å²) in [5, 5.41) is 5.97. The zero-order chi connectivity index (χ0) is 16.7. The molecule has 7 nitrogen and oxygen atoms in total. The van der Waals surface area contributed by atoms with Gasteiger partial charge in [0.15, 0.2) is 0 Å². The van der Waals surface area contributed by atoms with Crippen molar-refractivity contribution in [2.75, 3.05) is 53.0 Å². The molecule has 2 aliphatic rings. The van der Waals surface area contributed by atoms with Crippen molar-refractivity contribution in [1.29, 1.82) is 0 Å². The number of amides is 2. The lowest BCUT2D eigenvalue weighted by Crippen LogP contribution is -2.55. The molecule has 0 aromatic heterocycles. The van der Waals surface area contributed by atoms with Crippen LogP contribution in [-0.4, -0.2) is 86.7 Å². The minimum absolute atomic E-state index is 0.0640. The first-order valence-corrected chi connectivity index (χ1v) is 8.62. The molecule has 7 heteroatoms. The van der Waals surface area contributed by atoms with Crippen LogP contribution in [-0.2, 0) is 14.3 Å². The second-order valence-corrected chi connectivity index (χ2v) is 6.47. The summed E-state index contributed by atoms with van der Waals surface area (Å²) in [5.41, 5.74) is 0. The van der Waals surface area contributed by atoms with E-state index >= 15 is 0 Å². The topological polar surface area (TPSA) is 73.9 Å². The third-order valence-corrected chi connectivity index (χ3v) is 4.47. The van der Waals surface area contributed by atoms with E-state index in [1.807, 2.05) is 6.92 Å². The Morgan fingerprint density at radius 1 is 1.22 bits per heavy atom. The molecule has 1 saturated heterocycles. The molecule has 1 unspecified atom stereocenters. The van der Waals surface area contributed by atoms with Gasteiger partial charge in [-0.2, -0.15) is 0 Å². The summed E-state index contributed by atoms with van der Waals surface area (Å²) in [4.78, 5) is 28.3. The summed E-state index contributed by atoms with van der Waals surface area (Å²) in [5.74, 6) is 0.200. The van der Waals surface area contributed by atoms with Crippen LogP contribution in [0, 0.1) is 0 Å². The van der Waals surface area contributed by atoms with E-state index in [0.29, 0.717) is 25.7 Å². The van der Waals surface area contributed by atoms with Gasteiger partial charge in [-0.05, 0) is 26.2 Å². The summed E-state index contributed by atoms with van der Waals surface area (Å²) < 4.78 is 4.96. The van der Waals surface area contributed by atoms with Crippen molar-refractivity contribution < 1.29 is 14.3 Å². The van der Waals surface area contributed by atoms with Crippen molar-refractivity contribution >= 4 is 11.8 Å². The Labute approximate surface area is 138 Å². The number of nitrogens with zero attached hydrogens (tertiary/aromatic N) is 2. The number of carbonyl (C=O) groups excluding carboxylic acids is 2. The molecule has 0 bridgehead atoms. The molecule has 0 radical (unpaired) electrons. The van der Waals surface area contributed by atoms with E-state index in [4.69, 9.17) is 4.74 Å². The van der Waals surface area contributed by atoms with Crippen molar-refractivity contribution in [2.45, 2.75) is 38.3 Å². The first-order chi connectivity index (χ1) is 11.1. The Morgan fingerprint density at radius 3 is 2.52 bits per heavy atom. The van der Waals surface area contributed by atoms with Crippen LogP contribution in [0.15, 0.2) is 0 Å². The zero-order valence-corrected chi connectivity index (χ0v) is 14.3. The van der Waals surface area contributed by atoms with E-state index in [-0.39, 0.29) is 17.9 Å². The molecule has 1 aliphatic carbocycles. The van der Waals surface area contributed by atoms with Gasteiger partial charge in [-0.25, -0.2) is 0 Å². The normalized spacial score (nSPS) is 21.0.